The van der Waals surface area contributed by atoms with Gasteiger partial charge in [-0.15, -0.1) is 48.0 Å². The van der Waals surface area contributed by atoms with E-state index in [0.29, 0.717) is 11.3 Å². The summed E-state index contributed by atoms with van der Waals surface area (Å²) >= 11 is 0. The summed E-state index contributed by atoms with van der Waals surface area (Å²) < 4.78 is 67.7. The fourth-order valence-electron chi connectivity index (χ4n) is 8.06. The van der Waals surface area contributed by atoms with Crippen molar-refractivity contribution < 1.29 is 41.8 Å². The zero-order valence-electron chi connectivity index (χ0n) is 38.5. The summed E-state index contributed by atoms with van der Waals surface area (Å²) in [6, 6.07) is 56.9. The molecule has 7 aromatic carbocycles. The van der Waals surface area contributed by atoms with E-state index in [1.807, 2.05) is 18.2 Å². The standard InChI is InChI=1S/C43H35N2O.C13H9F3N.Ir/c1-27(2)36-25-32(31-23-21-30(22-24-31)29-13-6-5-7-14-29)26-37(28(3)4)41(36)45-39-19-10-9-18-38(39)44-43(45)35-17-12-16-34-33-15-8-11-20-40(33)46-42(34)35;1-9-2-7-12(17-8-9)10-3-5-11(6-4-10)13(14,15)16;/h5-16,18-28H,1-4H3;2-3,5-8H,1H3;/q2*-1;/i;1D3;. The maximum absolute atomic E-state index is 12.4. The summed E-state index contributed by atoms with van der Waals surface area (Å²) in [6.07, 6.45) is -3.22. The third-order valence-electron chi connectivity index (χ3n) is 11.3. The van der Waals surface area contributed by atoms with E-state index in [2.05, 4.69) is 159 Å². The maximum atomic E-state index is 12.4. The zero-order valence-corrected chi connectivity index (χ0v) is 37.9. The van der Waals surface area contributed by atoms with Crippen LogP contribution in [-0.2, 0) is 26.3 Å². The fraction of sp³-hybridized carbons (Fsp3) is 0.143. The molecule has 0 bridgehead atoms. The van der Waals surface area contributed by atoms with Crippen molar-refractivity contribution in [1.29, 1.82) is 0 Å². The normalized spacial score (nSPS) is 12.5. The van der Waals surface area contributed by atoms with E-state index < -0.39 is 18.6 Å². The summed E-state index contributed by atoms with van der Waals surface area (Å²) in [5.41, 5.74) is 13.3. The van der Waals surface area contributed by atoms with E-state index in [1.165, 1.54) is 63.5 Å². The van der Waals surface area contributed by atoms with Gasteiger partial charge in [0.2, 0.25) is 0 Å². The third kappa shape index (κ3) is 8.68. The molecule has 3 aromatic heterocycles. The van der Waals surface area contributed by atoms with Crippen LogP contribution in [0.25, 0.3) is 83.6 Å². The van der Waals surface area contributed by atoms with Crippen LogP contribution in [0.1, 0.15) is 65.9 Å². The number of aromatic nitrogens is 3. The number of alkyl halides is 3. The Labute approximate surface area is 389 Å². The van der Waals surface area contributed by atoms with E-state index in [4.69, 9.17) is 13.5 Å². The van der Waals surface area contributed by atoms with E-state index in [0.717, 1.165) is 56.5 Å². The molecule has 0 saturated heterocycles. The molecule has 0 spiro atoms. The Morgan fingerprint density at radius 3 is 1.97 bits per heavy atom. The molecule has 0 N–H and O–H groups in total. The smallest absolute Gasteiger partial charge is 0.381 e. The first-order valence-electron chi connectivity index (χ1n) is 22.4. The van der Waals surface area contributed by atoms with Crippen LogP contribution in [0.15, 0.2) is 168 Å². The molecule has 0 aliphatic carbocycles. The Balaban J connectivity index is 0.000000244. The Morgan fingerprint density at radius 2 is 1.33 bits per heavy atom. The quantitative estimate of drug-likeness (QED) is 0.149. The van der Waals surface area contributed by atoms with Gasteiger partial charge >= 0.3 is 6.18 Å². The number of aryl methyl sites for hydroxylation is 1. The van der Waals surface area contributed by atoms with Gasteiger partial charge in [0.1, 0.15) is 5.58 Å². The minimum absolute atomic E-state index is 0. The molecule has 0 amide bonds. The van der Waals surface area contributed by atoms with Crippen LogP contribution in [0.3, 0.4) is 0 Å². The molecule has 0 unspecified atom stereocenters. The zero-order chi connectivity index (χ0) is 46.3. The first kappa shape index (κ1) is 40.2. The van der Waals surface area contributed by atoms with E-state index in [-0.39, 0.29) is 37.5 Å². The SMILES string of the molecule is CC(C)c1cc(-c2ccc(-c3ccccc3)cc2)cc(C(C)C)c1-n1c(-c2[c-]ccc3c2oc2ccccc23)nc2ccccc21.[2H]C([2H])([2H])c1ccc(-c2[c-]cc(C(F)(F)F)cc2)nc1.[Ir]. The number of furan rings is 1. The molecular formula is C56H44F3IrN3O-2. The van der Waals surface area contributed by atoms with Crippen LogP contribution in [0.2, 0.25) is 0 Å². The molecule has 3 heterocycles. The Bertz CT molecular complexity index is 3240. The summed E-state index contributed by atoms with van der Waals surface area (Å²) in [5, 5.41) is 2.18. The van der Waals surface area contributed by atoms with Crippen LogP contribution in [0, 0.1) is 19.0 Å². The molecule has 0 aliphatic heterocycles. The van der Waals surface area contributed by atoms with Crippen molar-refractivity contribution in [2.24, 2.45) is 0 Å². The molecule has 0 aliphatic rings. The van der Waals surface area contributed by atoms with Crippen LogP contribution < -0.4 is 0 Å². The van der Waals surface area contributed by atoms with Crippen LogP contribution >= 0.6 is 0 Å². The molecule has 0 fully saturated rings. The fourth-order valence-corrected chi connectivity index (χ4v) is 8.06. The number of hydrogen-bond acceptors (Lipinski definition) is 3. The van der Waals surface area contributed by atoms with E-state index in [1.54, 1.807) is 0 Å². The number of nitrogens with zero attached hydrogens (tertiary/aromatic N) is 3. The van der Waals surface area contributed by atoms with Crippen LogP contribution in [-0.4, -0.2) is 14.5 Å². The summed E-state index contributed by atoms with van der Waals surface area (Å²) in [6.45, 7) is 6.90. The van der Waals surface area contributed by atoms with E-state index in [9.17, 15) is 13.2 Å². The van der Waals surface area contributed by atoms with Crippen molar-refractivity contribution in [3.05, 3.63) is 198 Å². The molecule has 1 radical (unpaired) electrons. The number of halogens is 3. The van der Waals surface area contributed by atoms with Gasteiger partial charge in [0.15, 0.2) is 0 Å². The second kappa shape index (κ2) is 18.2. The van der Waals surface area contributed by atoms with Gasteiger partial charge < -0.3 is 14.0 Å². The van der Waals surface area contributed by atoms with Crippen LogP contribution in [0.4, 0.5) is 13.2 Å². The van der Waals surface area contributed by atoms with Gasteiger partial charge in [-0.2, -0.15) is 13.2 Å². The maximum Gasteiger partial charge on any atom is 0.381 e. The first-order valence-corrected chi connectivity index (χ1v) is 20.9. The van der Waals surface area contributed by atoms with Gasteiger partial charge in [-0.05, 0) is 99.2 Å². The molecule has 10 rings (SSSR count). The van der Waals surface area contributed by atoms with Crippen molar-refractivity contribution in [2.75, 3.05) is 0 Å². The van der Waals surface area contributed by atoms with Crippen molar-refractivity contribution in [1.82, 2.24) is 14.5 Å². The predicted molar refractivity (Wildman–Crippen MR) is 250 cm³/mol. The minimum Gasteiger partial charge on any atom is -0.501 e. The summed E-state index contributed by atoms with van der Waals surface area (Å²) in [4.78, 5) is 9.21. The second-order valence-electron chi connectivity index (χ2n) is 16.1. The van der Waals surface area contributed by atoms with Gasteiger partial charge in [0, 0.05) is 41.5 Å². The molecule has 0 atom stereocenters. The van der Waals surface area contributed by atoms with Gasteiger partial charge in [0.25, 0.3) is 0 Å². The molecule has 10 aromatic rings. The van der Waals surface area contributed by atoms with Gasteiger partial charge in [-0.1, -0.05) is 136 Å². The number of hydrogen-bond donors (Lipinski definition) is 0. The summed E-state index contributed by atoms with van der Waals surface area (Å²) in [5.74, 6) is 1.39. The first-order chi connectivity index (χ1) is 31.7. The minimum atomic E-state index is -4.41. The second-order valence-corrected chi connectivity index (χ2v) is 16.1. The van der Waals surface area contributed by atoms with Crippen molar-refractivity contribution in [3.8, 4) is 50.6 Å². The molecule has 64 heavy (non-hydrogen) atoms. The Morgan fingerprint density at radius 1 is 0.672 bits per heavy atom. The number of rotatable bonds is 7. The number of benzene rings is 7. The monoisotopic (exact) mass is 1030 g/mol. The predicted octanol–water partition coefficient (Wildman–Crippen LogP) is 15.8. The van der Waals surface area contributed by atoms with E-state index >= 15 is 0 Å². The average molecular weight is 1030 g/mol. The largest absolute Gasteiger partial charge is 0.501 e. The van der Waals surface area contributed by atoms with Crippen molar-refractivity contribution in [3.63, 3.8) is 0 Å². The van der Waals surface area contributed by atoms with Gasteiger partial charge in [-0.25, -0.2) is 0 Å². The number of imidazole rings is 1. The molecule has 8 heteroatoms. The summed E-state index contributed by atoms with van der Waals surface area (Å²) in [7, 11) is 0. The van der Waals surface area contributed by atoms with Gasteiger partial charge in [-0.3, -0.25) is 4.98 Å². The molecule has 4 nitrogen and oxygen atoms in total. The van der Waals surface area contributed by atoms with Crippen LogP contribution in [0.5, 0.6) is 0 Å². The topological polar surface area (TPSA) is 43.9 Å². The Kier molecular flexibility index (Phi) is 11.5. The van der Waals surface area contributed by atoms with Gasteiger partial charge in [0.05, 0.1) is 22.4 Å². The number of pyridine rings is 1. The molecule has 321 valence electrons. The number of para-hydroxylation sites is 3. The molecular weight excluding hydrogens is 980 g/mol. The third-order valence-corrected chi connectivity index (χ3v) is 11.3. The Hall–Kier alpha value is -6.60. The molecule has 0 saturated carbocycles. The average Bonchev–Trinajstić information content (AvgIpc) is 3.90. The van der Waals surface area contributed by atoms with Crippen molar-refractivity contribution in [2.45, 2.75) is 52.6 Å². The van der Waals surface area contributed by atoms with Crippen molar-refractivity contribution >= 4 is 33.0 Å². The number of fused-ring (bicyclic) bond motifs is 4.